The fraction of sp³-hybridized carbons (Fsp3) is 0.500. The van der Waals surface area contributed by atoms with E-state index in [-0.39, 0.29) is 12.5 Å². The Morgan fingerprint density at radius 3 is 2.84 bits per heavy atom. The minimum atomic E-state index is -0.452. The van der Waals surface area contributed by atoms with E-state index in [1.54, 1.807) is 11.3 Å². The summed E-state index contributed by atoms with van der Waals surface area (Å²) in [5, 5.41) is 6.92. The van der Waals surface area contributed by atoms with E-state index in [0.29, 0.717) is 19.8 Å². The quantitative estimate of drug-likeness (QED) is 0.839. The Hall–Kier alpha value is -1.44. The third kappa shape index (κ3) is 4.98. The Morgan fingerprint density at radius 2 is 2.16 bits per heavy atom. The van der Waals surface area contributed by atoms with E-state index in [1.807, 2.05) is 22.4 Å². The monoisotopic (exact) mass is 283 g/mol. The van der Waals surface area contributed by atoms with E-state index in [1.165, 1.54) is 0 Å². The minimum absolute atomic E-state index is 0.232. The minimum Gasteiger partial charge on any atom is -0.379 e. The van der Waals surface area contributed by atoms with Crippen molar-refractivity contribution in [3.63, 3.8) is 0 Å². The number of nitrogens with zero attached hydrogens (tertiary/aromatic N) is 1. The van der Waals surface area contributed by atoms with Crippen molar-refractivity contribution in [1.29, 1.82) is 0 Å². The van der Waals surface area contributed by atoms with Crippen molar-refractivity contribution >= 4 is 23.3 Å². The molecule has 2 rings (SSSR count). The first-order chi connectivity index (χ1) is 9.24. The number of hydrogen-bond donors (Lipinski definition) is 2. The molecule has 0 aromatic carbocycles. The Bertz CT molecular complexity index is 416. The highest BCUT2D eigenvalue weighted by atomic mass is 32.1. The average molecular weight is 283 g/mol. The van der Waals surface area contributed by atoms with Crippen LogP contribution < -0.4 is 10.6 Å². The summed E-state index contributed by atoms with van der Waals surface area (Å²) in [5.41, 5.74) is 0. The first-order valence-corrected chi connectivity index (χ1v) is 7.02. The number of rotatable bonds is 4. The van der Waals surface area contributed by atoms with Gasteiger partial charge >= 0.3 is 6.03 Å². The normalized spacial score (nSPS) is 16.0. The average Bonchev–Trinajstić information content (AvgIpc) is 2.90. The van der Waals surface area contributed by atoms with Crippen molar-refractivity contribution < 1.29 is 14.3 Å². The molecule has 2 heterocycles. The van der Waals surface area contributed by atoms with Crippen LogP contribution in [0.5, 0.6) is 0 Å². The molecule has 7 heteroatoms. The fourth-order valence-corrected chi connectivity index (χ4v) is 2.40. The molecule has 1 aromatic rings. The molecule has 0 saturated carbocycles. The molecule has 3 amide bonds. The summed E-state index contributed by atoms with van der Waals surface area (Å²) in [6.07, 6.45) is 0. The van der Waals surface area contributed by atoms with Gasteiger partial charge in [0.05, 0.1) is 26.3 Å². The SMILES string of the molecule is O=C(CN1CCOCC1)NC(=O)NCc1cccs1. The summed E-state index contributed by atoms with van der Waals surface area (Å²) >= 11 is 1.56. The second kappa shape index (κ2) is 7.22. The molecular weight excluding hydrogens is 266 g/mol. The largest absolute Gasteiger partial charge is 0.379 e. The Kier molecular flexibility index (Phi) is 5.31. The molecule has 104 valence electrons. The smallest absolute Gasteiger partial charge is 0.321 e. The van der Waals surface area contributed by atoms with E-state index < -0.39 is 6.03 Å². The third-order valence-electron chi connectivity index (χ3n) is 2.73. The van der Waals surface area contributed by atoms with Crippen molar-refractivity contribution in [2.24, 2.45) is 0 Å². The van der Waals surface area contributed by atoms with Gasteiger partial charge in [0.1, 0.15) is 0 Å². The molecule has 19 heavy (non-hydrogen) atoms. The number of morpholine rings is 1. The van der Waals surface area contributed by atoms with Gasteiger partial charge in [-0.2, -0.15) is 0 Å². The van der Waals surface area contributed by atoms with Gasteiger partial charge in [0.25, 0.3) is 0 Å². The van der Waals surface area contributed by atoms with Crippen molar-refractivity contribution in [1.82, 2.24) is 15.5 Å². The van der Waals surface area contributed by atoms with Crippen molar-refractivity contribution in [2.45, 2.75) is 6.54 Å². The predicted octanol–water partition coefficient (Wildman–Crippen LogP) is 0.406. The fourth-order valence-electron chi connectivity index (χ4n) is 1.75. The second-order valence-electron chi connectivity index (χ2n) is 4.20. The number of urea groups is 1. The van der Waals surface area contributed by atoms with Crippen LogP contribution in [-0.2, 0) is 16.1 Å². The molecule has 1 saturated heterocycles. The van der Waals surface area contributed by atoms with Crippen LogP contribution in [0.25, 0.3) is 0 Å². The van der Waals surface area contributed by atoms with Gasteiger partial charge in [0.2, 0.25) is 5.91 Å². The predicted molar refractivity (Wildman–Crippen MR) is 72.0 cm³/mol. The summed E-state index contributed by atoms with van der Waals surface area (Å²) in [5.74, 6) is -0.287. The Morgan fingerprint density at radius 1 is 1.37 bits per heavy atom. The number of thiophene rings is 1. The molecule has 1 aliphatic rings. The maximum atomic E-state index is 11.6. The first-order valence-electron chi connectivity index (χ1n) is 6.14. The lowest BCUT2D eigenvalue weighted by molar-refractivity contribution is -0.122. The van der Waals surface area contributed by atoms with E-state index in [4.69, 9.17) is 4.74 Å². The highest BCUT2D eigenvalue weighted by molar-refractivity contribution is 7.09. The number of ether oxygens (including phenoxy) is 1. The van der Waals surface area contributed by atoms with Crippen molar-refractivity contribution in [3.8, 4) is 0 Å². The van der Waals surface area contributed by atoms with E-state index in [9.17, 15) is 9.59 Å². The molecule has 6 nitrogen and oxygen atoms in total. The van der Waals surface area contributed by atoms with Gasteiger partial charge in [-0.05, 0) is 11.4 Å². The van der Waals surface area contributed by atoms with Gasteiger partial charge in [0, 0.05) is 18.0 Å². The molecule has 0 atom stereocenters. The standard InChI is InChI=1S/C12H17N3O3S/c16-11(9-15-3-5-18-6-4-15)14-12(17)13-8-10-2-1-7-19-10/h1-2,7H,3-6,8-9H2,(H2,13,14,16,17). The molecule has 0 radical (unpaired) electrons. The molecular formula is C12H17N3O3S. The molecule has 0 aliphatic carbocycles. The number of imide groups is 1. The maximum Gasteiger partial charge on any atom is 0.321 e. The summed E-state index contributed by atoms with van der Waals surface area (Å²) < 4.78 is 5.19. The molecule has 0 bridgehead atoms. The highest BCUT2D eigenvalue weighted by Gasteiger charge is 2.15. The number of carbonyl (C=O) groups excluding carboxylic acids is 2. The molecule has 0 unspecified atom stereocenters. The van der Waals surface area contributed by atoms with Gasteiger partial charge in [-0.15, -0.1) is 11.3 Å². The van der Waals surface area contributed by atoms with Crippen molar-refractivity contribution in [3.05, 3.63) is 22.4 Å². The number of hydrogen-bond acceptors (Lipinski definition) is 5. The Labute approximate surface area is 115 Å². The number of carbonyl (C=O) groups is 2. The highest BCUT2D eigenvalue weighted by Crippen LogP contribution is 2.06. The van der Waals surface area contributed by atoms with Gasteiger partial charge in [-0.25, -0.2) is 4.79 Å². The Balaban J connectivity index is 1.65. The maximum absolute atomic E-state index is 11.6. The molecule has 1 fully saturated rings. The van der Waals surface area contributed by atoms with Gasteiger partial charge in [0.15, 0.2) is 0 Å². The summed E-state index contributed by atoms with van der Waals surface area (Å²) in [7, 11) is 0. The molecule has 2 N–H and O–H groups in total. The van der Waals surface area contributed by atoms with Gasteiger partial charge < -0.3 is 10.1 Å². The zero-order chi connectivity index (χ0) is 13.5. The topological polar surface area (TPSA) is 70.7 Å². The van der Waals surface area contributed by atoms with Crippen LogP contribution in [0, 0.1) is 0 Å². The van der Waals surface area contributed by atoms with E-state index in [2.05, 4.69) is 10.6 Å². The van der Waals surface area contributed by atoms with Crippen LogP contribution in [0.15, 0.2) is 17.5 Å². The zero-order valence-electron chi connectivity index (χ0n) is 10.6. The molecule has 1 aliphatic heterocycles. The first kappa shape index (κ1) is 14.0. The number of amides is 3. The third-order valence-corrected chi connectivity index (χ3v) is 3.60. The lowest BCUT2D eigenvalue weighted by Gasteiger charge is -2.25. The molecule has 1 aromatic heterocycles. The van der Waals surface area contributed by atoms with E-state index in [0.717, 1.165) is 18.0 Å². The lowest BCUT2D eigenvalue weighted by Crippen LogP contribution is -2.47. The van der Waals surface area contributed by atoms with Crippen LogP contribution in [0.1, 0.15) is 4.88 Å². The lowest BCUT2D eigenvalue weighted by atomic mass is 10.4. The van der Waals surface area contributed by atoms with Crippen LogP contribution in [-0.4, -0.2) is 49.7 Å². The van der Waals surface area contributed by atoms with Crippen LogP contribution in [0.4, 0.5) is 4.79 Å². The summed E-state index contributed by atoms with van der Waals surface area (Å²) in [4.78, 5) is 26.2. The zero-order valence-corrected chi connectivity index (χ0v) is 11.4. The number of nitrogens with one attached hydrogen (secondary N) is 2. The summed E-state index contributed by atoms with van der Waals surface area (Å²) in [6, 6.07) is 3.40. The second-order valence-corrected chi connectivity index (χ2v) is 5.23. The van der Waals surface area contributed by atoms with Crippen LogP contribution >= 0.6 is 11.3 Å². The van der Waals surface area contributed by atoms with E-state index >= 15 is 0 Å². The van der Waals surface area contributed by atoms with Gasteiger partial charge in [-0.3, -0.25) is 15.0 Å². The summed E-state index contributed by atoms with van der Waals surface area (Å²) in [6.45, 7) is 3.40. The molecule has 0 spiro atoms. The van der Waals surface area contributed by atoms with Gasteiger partial charge in [-0.1, -0.05) is 6.07 Å². The van der Waals surface area contributed by atoms with Crippen molar-refractivity contribution in [2.75, 3.05) is 32.8 Å². The van der Waals surface area contributed by atoms with Crippen LogP contribution in [0.3, 0.4) is 0 Å². The van der Waals surface area contributed by atoms with Crippen LogP contribution in [0.2, 0.25) is 0 Å².